The molecule has 6 nitrogen and oxygen atoms in total. The van der Waals surface area contributed by atoms with E-state index in [0.717, 1.165) is 64.2 Å². The number of carbonyl (C=O) groups is 3. The van der Waals surface area contributed by atoms with Crippen LogP contribution in [0.5, 0.6) is 0 Å². The van der Waals surface area contributed by atoms with Crippen molar-refractivity contribution < 1.29 is 28.6 Å². The predicted octanol–water partition coefficient (Wildman–Crippen LogP) is 23.9. The maximum Gasteiger partial charge on any atom is 0.306 e. The molecule has 0 heterocycles. The highest BCUT2D eigenvalue weighted by Gasteiger charge is 2.19. The molecule has 0 saturated carbocycles. The van der Waals surface area contributed by atoms with Gasteiger partial charge in [-0.3, -0.25) is 14.4 Å². The van der Waals surface area contributed by atoms with Gasteiger partial charge in [-0.05, 0) is 77.0 Å². The van der Waals surface area contributed by atoms with Gasteiger partial charge in [-0.1, -0.05) is 327 Å². The monoisotopic (exact) mass is 1100 g/mol. The summed E-state index contributed by atoms with van der Waals surface area (Å²) in [4.78, 5) is 38.3. The minimum atomic E-state index is -0.769. The molecule has 0 aliphatic rings. The van der Waals surface area contributed by atoms with Crippen LogP contribution in [0.15, 0.2) is 36.5 Å². The van der Waals surface area contributed by atoms with Crippen LogP contribution in [0, 0.1) is 0 Å². The molecule has 0 aromatic heterocycles. The highest BCUT2D eigenvalue weighted by atomic mass is 16.6. The number of esters is 3. The Morgan fingerprint density at radius 3 is 0.718 bits per heavy atom. The molecule has 0 aliphatic heterocycles. The lowest BCUT2D eigenvalue weighted by Gasteiger charge is -2.18. The van der Waals surface area contributed by atoms with Crippen LogP contribution in [0.1, 0.15) is 387 Å². The lowest BCUT2D eigenvalue weighted by Crippen LogP contribution is -2.30. The van der Waals surface area contributed by atoms with Crippen molar-refractivity contribution in [3.05, 3.63) is 36.5 Å². The van der Waals surface area contributed by atoms with Crippen LogP contribution in [-0.4, -0.2) is 37.2 Å². The van der Waals surface area contributed by atoms with Crippen LogP contribution in [0.4, 0.5) is 0 Å². The number of hydrogen-bond donors (Lipinski definition) is 0. The molecule has 0 radical (unpaired) electrons. The van der Waals surface area contributed by atoms with Crippen molar-refractivity contribution in [2.24, 2.45) is 0 Å². The Labute approximate surface area is 486 Å². The van der Waals surface area contributed by atoms with E-state index in [9.17, 15) is 14.4 Å². The smallest absolute Gasteiger partial charge is 0.306 e. The van der Waals surface area contributed by atoms with Gasteiger partial charge >= 0.3 is 17.9 Å². The van der Waals surface area contributed by atoms with Crippen molar-refractivity contribution in [2.75, 3.05) is 13.2 Å². The van der Waals surface area contributed by atoms with Crippen molar-refractivity contribution in [3.8, 4) is 0 Å². The molecule has 1 atom stereocenters. The van der Waals surface area contributed by atoms with Crippen LogP contribution in [0.2, 0.25) is 0 Å². The summed E-state index contributed by atoms with van der Waals surface area (Å²) in [5, 5.41) is 0. The third-order valence-corrected chi connectivity index (χ3v) is 15.9. The van der Waals surface area contributed by atoms with E-state index < -0.39 is 6.10 Å². The maximum atomic E-state index is 12.9. The fourth-order valence-electron chi connectivity index (χ4n) is 10.6. The first kappa shape index (κ1) is 75.6. The standard InChI is InChI=1S/C72H134O6/c1-4-7-10-13-16-19-22-24-26-28-30-32-34-36-38-40-42-44-46-48-50-53-56-59-62-65-71(74)77-68-69(67-76-70(73)64-61-58-55-52-21-18-15-12-9-6-3)78-72(75)66-63-60-57-54-51-49-47-45-43-41-39-37-35-33-31-29-27-25-23-20-17-14-11-8-5-2/h22,24,28-31,69H,4-21,23,25-27,32-68H2,1-3H3/b24-22-,30-28-,31-29-. The molecule has 0 aromatic rings. The topological polar surface area (TPSA) is 78.9 Å². The van der Waals surface area contributed by atoms with Crippen molar-refractivity contribution in [1.29, 1.82) is 0 Å². The zero-order chi connectivity index (χ0) is 56.4. The third-order valence-electron chi connectivity index (χ3n) is 15.9. The Balaban J connectivity index is 4.16. The van der Waals surface area contributed by atoms with Gasteiger partial charge in [0.05, 0.1) is 0 Å². The van der Waals surface area contributed by atoms with Crippen LogP contribution in [-0.2, 0) is 28.6 Å². The fourth-order valence-corrected chi connectivity index (χ4v) is 10.6. The molecule has 0 fully saturated rings. The van der Waals surface area contributed by atoms with Crippen LogP contribution >= 0.6 is 0 Å². The van der Waals surface area contributed by atoms with E-state index in [1.807, 2.05) is 0 Å². The lowest BCUT2D eigenvalue weighted by atomic mass is 10.0. The summed E-state index contributed by atoms with van der Waals surface area (Å²) in [6.45, 7) is 6.68. The second-order valence-electron chi connectivity index (χ2n) is 23.8. The van der Waals surface area contributed by atoms with Gasteiger partial charge in [0.2, 0.25) is 0 Å². The normalized spacial score (nSPS) is 12.2. The Hall–Kier alpha value is -2.37. The number of hydrogen-bond acceptors (Lipinski definition) is 6. The second kappa shape index (κ2) is 67.1. The quantitative estimate of drug-likeness (QED) is 0.0261. The Bertz CT molecular complexity index is 1300. The summed E-state index contributed by atoms with van der Waals surface area (Å²) >= 11 is 0. The molecule has 1 unspecified atom stereocenters. The van der Waals surface area contributed by atoms with Crippen LogP contribution < -0.4 is 0 Å². The number of ether oxygens (including phenoxy) is 3. The van der Waals surface area contributed by atoms with Gasteiger partial charge in [0, 0.05) is 19.3 Å². The van der Waals surface area contributed by atoms with Gasteiger partial charge in [0.25, 0.3) is 0 Å². The van der Waals surface area contributed by atoms with E-state index in [2.05, 4.69) is 57.2 Å². The minimum Gasteiger partial charge on any atom is -0.462 e. The molecule has 0 aromatic carbocycles. The van der Waals surface area contributed by atoms with Gasteiger partial charge in [0.15, 0.2) is 6.10 Å². The molecule has 458 valence electrons. The van der Waals surface area contributed by atoms with E-state index in [0.29, 0.717) is 19.3 Å². The summed E-state index contributed by atoms with van der Waals surface area (Å²) in [5.41, 5.74) is 0. The highest BCUT2D eigenvalue weighted by molar-refractivity contribution is 5.71. The SMILES string of the molecule is CCCCCCC/C=C\C/C=C\CCCCCCCCCCCCCCCC(=O)OCC(COC(=O)CCCCCCCCCCCC)OC(=O)CCCCCCCCCCCCCCC/C=C\CCCCCCCCCC. The first-order valence-electron chi connectivity index (χ1n) is 35.0. The van der Waals surface area contributed by atoms with E-state index in [-0.39, 0.29) is 31.1 Å². The zero-order valence-corrected chi connectivity index (χ0v) is 52.7. The summed E-state index contributed by atoms with van der Waals surface area (Å²) in [6, 6.07) is 0. The molecule has 0 spiro atoms. The highest BCUT2D eigenvalue weighted by Crippen LogP contribution is 2.18. The average Bonchev–Trinajstić information content (AvgIpc) is 3.44. The lowest BCUT2D eigenvalue weighted by molar-refractivity contribution is -0.167. The molecule has 6 heteroatoms. The van der Waals surface area contributed by atoms with E-state index in [1.54, 1.807) is 0 Å². The summed E-state index contributed by atoms with van der Waals surface area (Å²) < 4.78 is 17.0. The van der Waals surface area contributed by atoms with E-state index in [4.69, 9.17) is 14.2 Å². The van der Waals surface area contributed by atoms with Crippen LogP contribution in [0.3, 0.4) is 0 Å². The molecular formula is C72H134O6. The van der Waals surface area contributed by atoms with Gasteiger partial charge in [-0.25, -0.2) is 0 Å². The first-order chi connectivity index (χ1) is 38.5. The molecular weight excluding hydrogens is 961 g/mol. The fraction of sp³-hybridized carbons (Fsp3) is 0.875. The van der Waals surface area contributed by atoms with Gasteiger partial charge in [-0.15, -0.1) is 0 Å². The largest absolute Gasteiger partial charge is 0.462 e. The number of unbranched alkanes of at least 4 members (excludes halogenated alkanes) is 48. The van der Waals surface area contributed by atoms with Crippen molar-refractivity contribution in [1.82, 2.24) is 0 Å². The second-order valence-corrected chi connectivity index (χ2v) is 23.8. The Morgan fingerprint density at radius 2 is 0.462 bits per heavy atom. The number of allylic oxidation sites excluding steroid dienone is 6. The summed E-state index contributed by atoms with van der Waals surface area (Å²) in [6.07, 6.45) is 83.2. The number of rotatable bonds is 65. The molecule has 0 aliphatic carbocycles. The van der Waals surface area contributed by atoms with Gasteiger partial charge in [-0.2, -0.15) is 0 Å². The third kappa shape index (κ3) is 64.5. The first-order valence-corrected chi connectivity index (χ1v) is 35.0. The molecule has 78 heavy (non-hydrogen) atoms. The Morgan fingerprint density at radius 1 is 0.256 bits per heavy atom. The molecule has 0 rings (SSSR count). The average molecular weight is 1100 g/mol. The van der Waals surface area contributed by atoms with E-state index in [1.165, 1.54) is 283 Å². The molecule has 0 bridgehead atoms. The molecule has 0 amide bonds. The zero-order valence-electron chi connectivity index (χ0n) is 52.7. The summed E-state index contributed by atoms with van der Waals surface area (Å²) in [5.74, 6) is -0.843. The Kier molecular flexibility index (Phi) is 65.1. The van der Waals surface area contributed by atoms with E-state index >= 15 is 0 Å². The molecule has 0 saturated heterocycles. The van der Waals surface area contributed by atoms with Gasteiger partial charge in [0.1, 0.15) is 13.2 Å². The number of carbonyl (C=O) groups excluding carboxylic acids is 3. The van der Waals surface area contributed by atoms with Crippen molar-refractivity contribution in [3.63, 3.8) is 0 Å². The minimum absolute atomic E-state index is 0.0671. The van der Waals surface area contributed by atoms with Crippen molar-refractivity contribution in [2.45, 2.75) is 393 Å². The van der Waals surface area contributed by atoms with Gasteiger partial charge < -0.3 is 14.2 Å². The maximum absolute atomic E-state index is 12.9. The predicted molar refractivity (Wildman–Crippen MR) is 339 cm³/mol. The van der Waals surface area contributed by atoms with Crippen molar-refractivity contribution >= 4 is 17.9 Å². The molecule has 0 N–H and O–H groups in total. The summed E-state index contributed by atoms with van der Waals surface area (Å²) in [7, 11) is 0. The van der Waals surface area contributed by atoms with Crippen LogP contribution in [0.25, 0.3) is 0 Å².